The summed E-state index contributed by atoms with van der Waals surface area (Å²) < 4.78 is 15.5. The maximum absolute atomic E-state index is 12.0. The molecule has 6 nitrogen and oxygen atoms in total. The van der Waals surface area contributed by atoms with Crippen molar-refractivity contribution in [2.24, 2.45) is 0 Å². The third-order valence-electron chi connectivity index (χ3n) is 3.71. The molecule has 0 aliphatic carbocycles. The molecule has 6 heteroatoms. The summed E-state index contributed by atoms with van der Waals surface area (Å²) in [7, 11) is 1.52. The molecule has 0 atom stereocenters. The van der Waals surface area contributed by atoms with E-state index >= 15 is 0 Å². The van der Waals surface area contributed by atoms with Gasteiger partial charge in [-0.2, -0.15) is 0 Å². The van der Waals surface area contributed by atoms with Crippen LogP contribution in [0.5, 0.6) is 11.5 Å². The highest BCUT2D eigenvalue weighted by atomic mass is 16.5. The highest BCUT2D eigenvalue weighted by Crippen LogP contribution is 2.23. The Bertz CT molecular complexity index is 956. The van der Waals surface area contributed by atoms with E-state index in [1.54, 1.807) is 30.3 Å². The van der Waals surface area contributed by atoms with Crippen molar-refractivity contribution in [3.63, 3.8) is 0 Å². The second-order valence-corrected chi connectivity index (χ2v) is 5.46. The fourth-order valence-corrected chi connectivity index (χ4v) is 2.45. The molecule has 0 bridgehead atoms. The van der Waals surface area contributed by atoms with Gasteiger partial charge in [0, 0.05) is 23.1 Å². The van der Waals surface area contributed by atoms with Gasteiger partial charge >= 0.3 is 11.6 Å². The summed E-state index contributed by atoms with van der Waals surface area (Å²) in [6, 6.07) is 12.7. The number of hydrogen-bond donors (Lipinski definition) is 1. The molecule has 2 aromatic carbocycles. The average Bonchev–Trinajstić information content (AvgIpc) is 2.61. The predicted molar refractivity (Wildman–Crippen MR) is 90.6 cm³/mol. The average molecular weight is 340 g/mol. The van der Waals surface area contributed by atoms with Crippen molar-refractivity contribution in [3.8, 4) is 11.5 Å². The fourth-order valence-electron chi connectivity index (χ4n) is 2.45. The molecule has 3 aromatic rings. The molecule has 0 saturated carbocycles. The molecule has 3 rings (SSSR count). The molecule has 0 aliphatic rings. The molecule has 0 radical (unpaired) electrons. The maximum atomic E-state index is 12.0. The first-order valence-electron chi connectivity index (χ1n) is 7.59. The predicted octanol–water partition coefficient (Wildman–Crippen LogP) is 2.79. The molecule has 0 unspecified atom stereocenters. The molecule has 1 N–H and O–H groups in total. The first-order valence-corrected chi connectivity index (χ1v) is 7.59. The van der Waals surface area contributed by atoms with Gasteiger partial charge in [-0.15, -0.1) is 0 Å². The van der Waals surface area contributed by atoms with Crippen LogP contribution in [0.4, 0.5) is 0 Å². The van der Waals surface area contributed by atoms with E-state index in [0.29, 0.717) is 22.3 Å². The number of hydrogen-bond acceptors (Lipinski definition) is 6. The van der Waals surface area contributed by atoms with Gasteiger partial charge in [0.05, 0.1) is 13.5 Å². The largest absolute Gasteiger partial charge is 0.508 e. The van der Waals surface area contributed by atoms with Gasteiger partial charge in [-0.1, -0.05) is 12.1 Å². The topological polar surface area (TPSA) is 86.0 Å². The SMILES string of the molecule is COc1ccc2c(COC(=O)Cc3ccc(O)cc3)cc(=O)oc2c1. The second kappa shape index (κ2) is 7.09. The van der Waals surface area contributed by atoms with Crippen LogP contribution in [0.25, 0.3) is 11.0 Å². The normalized spacial score (nSPS) is 10.6. The zero-order valence-electron chi connectivity index (χ0n) is 13.5. The maximum Gasteiger partial charge on any atom is 0.336 e. The highest BCUT2D eigenvalue weighted by Gasteiger charge is 2.10. The smallest absolute Gasteiger partial charge is 0.336 e. The van der Waals surface area contributed by atoms with Crippen molar-refractivity contribution in [3.05, 3.63) is 70.1 Å². The van der Waals surface area contributed by atoms with Crippen LogP contribution < -0.4 is 10.4 Å². The van der Waals surface area contributed by atoms with Crippen molar-refractivity contribution < 1.29 is 23.8 Å². The Labute approximate surface area is 143 Å². The molecule has 0 aliphatic heterocycles. The van der Waals surface area contributed by atoms with Crippen LogP contribution in [0, 0.1) is 0 Å². The standard InChI is InChI=1S/C19H16O6/c1-23-15-6-7-16-13(9-19(22)25-17(16)10-15)11-24-18(21)8-12-2-4-14(20)5-3-12/h2-7,9-10,20H,8,11H2,1H3. The number of esters is 1. The summed E-state index contributed by atoms with van der Waals surface area (Å²) in [6.45, 7) is -0.0364. The molecule has 128 valence electrons. The molecule has 1 aromatic heterocycles. The molecular weight excluding hydrogens is 324 g/mol. The Balaban J connectivity index is 1.75. The van der Waals surface area contributed by atoms with Gasteiger partial charge < -0.3 is 19.0 Å². The molecule has 1 heterocycles. The van der Waals surface area contributed by atoms with Crippen LogP contribution in [0.1, 0.15) is 11.1 Å². The number of rotatable bonds is 5. The Morgan fingerprint density at radius 1 is 1.12 bits per heavy atom. The monoisotopic (exact) mass is 340 g/mol. The second-order valence-electron chi connectivity index (χ2n) is 5.46. The molecule has 25 heavy (non-hydrogen) atoms. The molecule has 0 amide bonds. The van der Waals surface area contributed by atoms with Gasteiger partial charge in [-0.25, -0.2) is 4.79 Å². The minimum absolute atomic E-state index is 0.0364. The van der Waals surface area contributed by atoms with Crippen LogP contribution >= 0.6 is 0 Å². The molecule has 0 fully saturated rings. The Hall–Kier alpha value is -3.28. The van der Waals surface area contributed by atoms with E-state index < -0.39 is 11.6 Å². The first kappa shape index (κ1) is 16.6. The number of methoxy groups -OCH3 is 1. The summed E-state index contributed by atoms with van der Waals surface area (Å²) in [5, 5.41) is 9.92. The molecular formula is C19H16O6. The Morgan fingerprint density at radius 2 is 1.88 bits per heavy atom. The third kappa shape index (κ3) is 3.98. The summed E-state index contributed by atoms with van der Waals surface area (Å²) >= 11 is 0. The number of carbonyl (C=O) groups is 1. The summed E-state index contributed by atoms with van der Waals surface area (Å²) in [5.41, 5.74) is 1.14. The van der Waals surface area contributed by atoms with Crippen molar-refractivity contribution in [2.45, 2.75) is 13.0 Å². The summed E-state index contributed by atoms with van der Waals surface area (Å²) in [5.74, 6) is 0.271. The number of carbonyl (C=O) groups excluding carboxylic acids is 1. The number of phenolic OH excluding ortho intramolecular Hbond substituents is 1. The first-order chi connectivity index (χ1) is 12.0. The van der Waals surface area contributed by atoms with Gasteiger partial charge in [0.25, 0.3) is 0 Å². The van der Waals surface area contributed by atoms with E-state index in [4.69, 9.17) is 13.9 Å². The number of ether oxygens (including phenoxy) is 2. The van der Waals surface area contributed by atoms with Gasteiger partial charge in [-0.05, 0) is 29.8 Å². The summed E-state index contributed by atoms with van der Waals surface area (Å²) in [6.07, 6.45) is 0.0769. The lowest BCUT2D eigenvalue weighted by Gasteiger charge is -2.08. The van der Waals surface area contributed by atoms with Gasteiger partial charge in [-0.3, -0.25) is 4.79 Å². The van der Waals surface area contributed by atoms with Crippen LogP contribution in [-0.4, -0.2) is 18.2 Å². The van der Waals surface area contributed by atoms with Crippen molar-refractivity contribution >= 4 is 16.9 Å². The molecule has 0 spiro atoms. The van der Waals surface area contributed by atoms with E-state index in [1.165, 1.54) is 25.3 Å². The van der Waals surface area contributed by atoms with Crippen LogP contribution in [0.2, 0.25) is 0 Å². The Kier molecular flexibility index (Phi) is 4.70. The number of benzene rings is 2. The molecule has 0 saturated heterocycles. The lowest BCUT2D eigenvalue weighted by molar-refractivity contribution is -0.144. The van der Waals surface area contributed by atoms with E-state index in [2.05, 4.69) is 0 Å². The van der Waals surface area contributed by atoms with Gasteiger partial charge in [0.2, 0.25) is 0 Å². The van der Waals surface area contributed by atoms with Crippen LogP contribution in [-0.2, 0) is 22.6 Å². The number of phenols is 1. The lowest BCUT2D eigenvalue weighted by atomic mass is 10.1. The third-order valence-corrected chi connectivity index (χ3v) is 3.71. The van der Waals surface area contributed by atoms with E-state index in [-0.39, 0.29) is 18.8 Å². The van der Waals surface area contributed by atoms with Crippen LogP contribution in [0.3, 0.4) is 0 Å². The Morgan fingerprint density at radius 3 is 2.60 bits per heavy atom. The van der Waals surface area contributed by atoms with Gasteiger partial charge in [0.1, 0.15) is 23.7 Å². The van der Waals surface area contributed by atoms with E-state index in [0.717, 1.165) is 5.56 Å². The minimum atomic E-state index is -0.523. The number of aromatic hydroxyl groups is 1. The zero-order chi connectivity index (χ0) is 17.8. The van der Waals surface area contributed by atoms with Crippen molar-refractivity contribution in [2.75, 3.05) is 7.11 Å². The summed E-state index contributed by atoms with van der Waals surface area (Å²) in [4.78, 5) is 23.7. The quantitative estimate of drug-likeness (QED) is 0.568. The lowest BCUT2D eigenvalue weighted by Crippen LogP contribution is -2.09. The van der Waals surface area contributed by atoms with E-state index in [1.807, 2.05) is 0 Å². The van der Waals surface area contributed by atoms with Gasteiger partial charge in [0.15, 0.2) is 0 Å². The van der Waals surface area contributed by atoms with Crippen molar-refractivity contribution in [1.29, 1.82) is 0 Å². The number of fused-ring (bicyclic) bond motifs is 1. The minimum Gasteiger partial charge on any atom is -0.508 e. The van der Waals surface area contributed by atoms with Crippen molar-refractivity contribution in [1.82, 2.24) is 0 Å². The highest BCUT2D eigenvalue weighted by molar-refractivity contribution is 5.82. The van der Waals surface area contributed by atoms with Crippen LogP contribution in [0.15, 0.2) is 57.7 Å². The zero-order valence-corrected chi connectivity index (χ0v) is 13.5. The fraction of sp³-hybridized carbons (Fsp3) is 0.158. The van der Waals surface area contributed by atoms with E-state index in [9.17, 15) is 14.7 Å².